The van der Waals surface area contributed by atoms with Gasteiger partial charge in [0.05, 0.1) is 29.1 Å². The number of nitrogens with zero attached hydrogens (tertiary/aromatic N) is 4. The van der Waals surface area contributed by atoms with E-state index < -0.39 is 11.7 Å². The number of furan rings is 1. The lowest BCUT2D eigenvalue weighted by molar-refractivity contribution is -0.138. The highest BCUT2D eigenvalue weighted by Crippen LogP contribution is 2.33. The van der Waals surface area contributed by atoms with Crippen LogP contribution in [0.3, 0.4) is 0 Å². The topological polar surface area (TPSA) is 63.6 Å². The van der Waals surface area contributed by atoms with Crippen molar-refractivity contribution < 1.29 is 22.4 Å². The Labute approximate surface area is 154 Å². The molecular weight excluding hydrogens is 393 g/mol. The molecule has 0 aromatic carbocycles. The van der Waals surface area contributed by atoms with Crippen molar-refractivity contribution in [2.45, 2.75) is 17.9 Å². The minimum atomic E-state index is -4.55. The summed E-state index contributed by atoms with van der Waals surface area (Å²) in [5.41, 5.74) is -0.823. The summed E-state index contributed by atoms with van der Waals surface area (Å²) in [6, 6.07) is 4.25. The van der Waals surface area contributed by atoms with Crippen molar-refractivity contribution in [3.63, 3.8) is 0 Å². The predicted octanol–water partition coefficient (Wildman–Crippen LogP) is 3.75. The maximum absolute atomic E-state index is 12.9. The maximum Gasteiger partial charge on any atom is 0.417 e. The number of hydrogen-bond donors (Lipinski definition) is 0. The molecule has 0 bridgehead atoms. The number of rotatable bonds is 5. The van der Waals surface area contributed by atoms with Gasteiger partial charge in [-0.2, -0.15) is 13.2 Å². The zero-order valence-corrected chi connectivity index (χ0v) is 14.9. The zero-order chi connectivity index (χ0) is 18.9. The van der Waals surface area contributed by atoms with Crippen LogP contribution in [0.4, 0.5) is 13.2 Å². The smallest absolute Gasteiger partial charge is 0.417 e. The van der Waals surface area contributed by atoms with E-state index in [-0.39, 0.29) is 34.0 Å². The molecule has 3 aromatic rings. The Hall–Kier alpha value is -2.20. The van der Waals surface area contributed by atoms with Crippen molar-refractivity contribution in [1.82, 2.24) is 19.5 Å². The molecule has 0 radical (unpaired) electrons. The second kappa shape index (κ2) is 7.20. The van der Waals surface area contributed by atoms with E-state index in [9.17, 15) is 18.0 Å². The molecule has 0 saturated carbocycles. The lowest BCUT2D eigenvalue weighted by atomic mass is 10.3. The molecule has 3 heterocycles. The number of pyridine rings is 1. The molecule has 3 aromatic heterocycles. The summed E-state index contributed by atoms with van der Waals surface area (Å²) >= 11 is 6.83. The number of amides is 1. The molecule has 1 amide bonds. The van der Waals surface area contributed by atoms with E-state index in [1.807, 2.05) is 0 Å². The summed E-state index contributed by atoms with van der Waals surface area (Å²) in [6.07, 6.45) is -2.18. The molecular formula is C15H12ClF3N4O2S. The van der Waals surface area contributed by atoms with Gasteiger partial charge in [0.1, 0.15) is 5.76 Å². The van der Waals surface area contributed by atoms with Crippen molar-refractivity contribution in [1.29, 1.82) is 0 Å². The molecule has 0 saturated heterocycles. The van der Waals surface area contributed by atoms with E-state index in [1.165, 1.54) is 11.2 Å². The molecule has 11 heteroatoms. The number of fused-ring (bicyclic) bond motifs is 1. The van der Waals surface area contributed by atoms with Gasteiger partial charge in [0, 0.05) is 13.2 Å². The summed E-state index contributed by atoms with van der Waals surface area (Å²) in [6.45, 7) is 0.289. The van der Waals surface area contributed by atoms with E-state index >= 15 is 0 Å². The van der Waals surface area contributed by atoms with Crippen LogP contribution < -0.4 is 0 Å². The highest BCUT2D eigenvalue weighted by Gasteiger charge is 2.32. The summed E-state index contributed by atoms with van der Waals surface area (Å²) < 4.78 is 45.1. The highest BCUT2D eigenvalue weighted by atomic mass is 35.5. The van der Waals surface area contributed by atoms with Gasteiger partial charge in [-0.3, -0.25) is 9.20 Å². The van der Waals surface area contributed by atoms with Gasteiger partial charge in [-0.15, -0.1) is 10.2 Å². The lowest BCUT2D eigenvalue weighted by Crippen LogP contribution is -2.27. The molecule has 0 atom stereocenters. The Balaban J connectivity index is 1.74. The van der Waals surface area contributed by atoms with Gasteiger partial charge in [-0.05, 0) is 18.2 Å². The molecule has 0 N–H and O–H groups in total. The first-order chi connectivity index (χ1) is 12.3. The molecule has 0 aliphatic carbocycles. The van der Waals surface area contributed by atoms with Crippen LogP contribution in [0.15, 0.2) is 40.2 Å². The normalized spacial score (nSPS) is 11.9. The number of halogens is 4. The Morgan fingerprint density at radius 2 is 2.19 bits per heavy atom. The van der Waals surface area contributed by atoms with Gasteiger partial charge < -0.3 is 9.32 Å². The highest BCUT2D eigenvalue weighted by molar-refractivity contribution is 7.99. The van der Waals surface area contributed by atoms with Crippen molar-refractivity contribution in [2.24, 2.45) is 0 Å². The number of alkyl halides is 3. The van der Waals surface area contributed by atoms with Crippen LogP contribution >= 0.6 is 23.4 Å². The largest absolute Gasteiger partial charge is 0.467 e. The molecule has 0 unspecified atom stereocenters. The number of thioether (sulfide) groups is 1. The molecule has 0 aliphatic heterocycles. The summed E-state index contributed by atoms with van der Waals surface area (Å²) in [7, 11) is 1.60. The fraction of sp³-hybridized carbons (Fsp3) is 0.267. The maximum atomic E-state index is 12.9. The van der Waals surface area contributed by atoms with Crippen molar-refractivity contribution in [3.05, 3.63) is 47.0 Å². The molecule has 0 spiro atoms. The first-order valence-corrected chi connectivity index (χ1v) is 8.62. The summed E-state index contributed by atoms with van der Waals surface area (Å²) in [5, 5.41) is 7.58. The fourth-order valence-corrected chi connectivity index (χ4v) is 3.24. The fourth-order valence-electron chi connectivity index (χ4n) is 2.15. The zero-order valence-electron chi connectivity index (χ0n) is 13.3. The molecule has 3 rings (SSSR count). The minimum Gasteiger partial charge on any atom is -0.467 e. The third-order valence-electron chi connectivity index (χ3n) is 3.48. The average molecular weight is 405 g/mol. The van der Waals surface area contributed by atoms with Crippen LogP contribution in [0.2, 0.25) is 5.02 Å². The standard InChI is InChI=1S/C15H12ClF3N4O2S/c1-22(7-10-3-2-4-25-10)12(24)8-26-14-21-20-13-11(16)5-9(6-23(13)14)15(17,18)19/h2-6H,7-8H2,1H3. The third kappa shape index (κ3) is 3.96. The Morgan fingerprint density at radius 1 is 1.42 bits per heavy atom. The number of carbonyl (C=O) groups excluding carboxylic acids is 1. The third-order valence-corrected chi connectivity index (χ3v) is 4.69. The molecule has 138 valence electrons. The second-order valence-corrected chi connectivity index (χ2v) is 6.72. The van der Waals surface area contributed by atoms with Crippen LogP contribution in [0.1, 0.15) is 11.3 Å². The first kappa shape index (κ1) is 18.6. The Kier molecular flexibility index (Phi) is 5.15. The summed E-state index contributed by atoms with van der Waals surface area (Å²) in [4.78, 5) is 13.6. The van der Waals surface area contributed by atoms with Crippen molar-refractivity contribution in [3.8, 4) is 0 Å². The van der Waals surface area contributed by atoms with Gasteiger partial charge in [0.15, 0.2) is 10.8 Å². The van der Waals surface area contributed by atoms with Gasteiger partial charge in [0.25, 0.3) is 0 Å². The molecule has 0 aliphatic rings. The van der Waals surface area contributed by atoms with Gasteiger partial charge >= 0.3 is 6.18 Å². The summed E-state index contributed by atoms with van der Waals surface area (Å²) in [5.74, 6) is 0.368. The van der Waals surface area contributed by atoms with Crippen LogP contribution in [0.5, 0.6) is 0 Å². The van der Waals surface area contributed by atoms with E-state index in [2.05, 4.69) is 10.2 Å². The van der Waals surface area contributed by atoms with Crippen molar-refractivity contribution >= 4 is 34.9 Å². The lowest BCUT2D eigenvalue weighted by Gasteiger charge is -2.15. The van der Waals surface area contributed by atoms with Gasteiger partial charge in [-0.1, -0.05) is 23.4 Å². The molecule has 6 nitrogen and oxygen atoms in total. The van der Waals surface area contributed by atoms with Crippen molar-refractivity contribution in [2.75, 3.05) is 12.8 Å². The quantitative estimate of drug-likeness (QED) is 0.606. The van der Waals surface area contributed by atoms with Gasteiger partial charge in [-0.25, -0.2) is 0 Å². The monoisotopic (exact) mass is 404 g/mol. The molecule has 0 fully saturated rings. The van der Waals surface area contributed by atoms with Crippen LogP contribution in [-0.2, 0) is 17.5 Å². The van der Waals surface area contributed by atoms with Gasteiger partial charge in [0.2, 0.25) is 5.91 Å². The Morgan fingerprint density at radius 3 is 2.85 bits per heavy atom. The Bertz CT molecular complexity index is 927. The minimum absolute atomic E-state index is 0.0220. The molecule has 26 heavy (non-hydrogen) atoms. The predicted molar refractivity (Wildman–Crippen MR) is 88.9 cm³/mol. The van der Waals surface area contributed by atoms with Crippen LogP contribution in [-0.4, -0.2) is 38.2 Å². The number of hydrogen-bond acceptors (Lipinski definition) is 5. The van der Waals surface area contributed by atoms with Crippen LogP contribution in [0, 0.1) is 0 Å². The number of carbonyl (C=O) groups is 1. The van der Waals surface area contributed by atoms with Crippen LogP contribution in [0.25, 0.3) is 5.65 Å². The SMILES string of the molecule is CN(Cc1ccco1)C(=O)CSc1nnc2c(Cl)cc(C(F)(F)F)cn12. The number of aromatic nitrogens is 3. The van der Waals surface area contributed by atoms with E-state index in [0.29, 0.717) is 5.76 Å². The van der Waals surface area contributed by atoms with E-state index in [0.717, 1.165) is 28.4 Å². The first-order valence-electron chi connectivity index (χ1n) is 7.26. The second-order valence-electron chi connectivity index (χ2n) is 5.37. The van der Waals surface area contributed by atoms with E-state index in [4.69, 9.17) is 16.0 Å². The average Bonchev–Trinajstić information content (AvgIpc) is 3.21. The van der Waals surface area contributed by atoms with E-state index in [1.54, 1.807) is 19.2 Å².